The van der Waals surface area contributed by atoms with Crippen molar-refractivity contribution in [1.29, 1.82) is 0 Å². The zero-order chi connectivity index (χ0) is 12.1. The van der Waals surface area contributed by atoms with E-state index in [1.54, 1.807) is 0 Å². The summed E-state index contributed by atoms with van der Waals surface area (Å²) in [6.45, 7) is 0. The molecule has 0 aromatic heterocycles. The van der Waals surface area contributed by atoms with Gasteiger partial charge >= 0.3 is 0 Å². The molecular weight excluding hydrogens is 321 g/mol. The Hall–Kier alpha value is -0.0900. The summed E-state index contributed by atoms with van der Waals surface area (Å²) in [4.78, 5) is 0. The van der Waals surface area contributed by atoms with Crippen LogP contribution in [0.25, 0.3) is 0 Å². The quantitative estimate of drug-likeness (QED) is 0.797. The summed E-state index contributed by atoms with van der Waals surface area (Å²) in [6.07, 6.45) is 10.2. The summed E-state index contributed by atoms with van der Waals surface area (Å²) in [5.74, 6) is 0. The van der Waals surface area contributed by atoms with Gasteiger partial charge in [-0.25, -0.2) is 0 Å². The van der Waals surface area contributed by atoms with Gasteiger partial charge in [-0.2, -0.15) is 0 Å². The largest absolute Gasteiger partial charge is 0.325 e. The topological polar surface area (TPSA) is 26.0 Å². The first kappa shape index (κ1) is 13.3. The lowest BCUT2D eigenvalue weighted by atomic mass is 9.80. The lowest BCUT2D eigenvalue weighted by Gasteiger charge is -2.31. The van der Waals surface area contributed by atoms with Gasteiger partial charge in [-0.15, -0.1) is 0 Å². The molecule has 1 aromatic rings. The number of nitrogens with two attached hydrogens (primary N) is 1. The number of benzene rings is 1. The third kappa shape index (κ3) is 4.25. The van der Waals surface area contributed by atoms with E-state index in [0.717, 1.165) is 6.42 Å². The minimum Gasteiger partial charge on any atom is -0.325 e. The number of rotatable bonds is 2. The molecule has 0 bridgehead atoms. The SMILES string of the molecule is NC1(Cc2ccc(I)cc2)CCCCCCC1. The van der Waals surface area contributed by atoms with E-state index in [-0.39, 0.29) is 5.54 Å². The van der Waals surface area contributed by atoms with E-state index in [1.165, 1.54) is 54.1 Å². The second-order valence-corrected chi connectivity index (χ2v) is 6.68. The first-order valence-corrected chi connectivity index (χ1v) is 7.79. The Morgan fingerprint density at radius 2 is 1.47 bits per heavy atom. The van der Waals surface area contributed by atoms with Crippen LogP contribution in [0.4, 0.5) is 0 Å². The summed E-state index contributed by atoms with van der Waals surface area (Å²) >= 11 is 2.35. The molecule has 1 aliphatic rings. The van der Waals surface area contributed by atoms with Crippen LogP contribution in [-0.2, 0) is 6.42 Å². The minimum absolute atomic E-state index is 0.0488. The Labute approximate surface area is 118 Å². The molecular formula is C15H22IN. The van der Waals surface area contributed by atoms with Crippen LogP contribution in [0.3, 0.4) is 0 Å². The van der Waals surface area contributed by atoms with Crippen molar-refractivity contribution in [2.45, 2.75) is 56.9 Å². The van der Waals surface area contributed by atoms with Crippen molar-refractivity contribution in [1.82, 2.24) is 0 Å². The molecule has 94 valence electrons. The standard InChI is InChI=1S/C15H22IN/c16-14-8-6-13(7-9-14)12-15(17)10-4-2-1-3-5-11-15/h6-9H,1-5,10-12,17H2. The second kappa shape index (κ2) is 6.19. The van der Waals surface area contributed by atoms with Gasteiger partial charge < -0.3 is 5.73 Å². The van der Waals surface area contributed by atoms with Crippen LogP contribution >= 0.6 is 22.6 Å². The Balaban J connectivity index is 2.01. The second-order valence-electron chi connectivity index (χ2n) is 5.43. The molecule has 0 radical (unpaired) electrons. The van der Waals surface area contributed by atoms with Gasteiger partial charge in [0.15, 0.2) is 0 Å². The van der Waals surface area contributed by atoms with Crippen LogP contribution in [0.15, 0.2) is 24.3 Å². The molecule has 2 N–H and O–H groups in total. The van der Waals surface area contributed by atoms with Crippen molar-refractivity contribution in [2.75, 3.05) is 0 Å². The molecule has 0 spiro atoms. The van der Waals surface area contributed by atoms with E-state index in [9.17, 15) is 0 Å². The maximum absolute atomic E-state index is 6.60. The van der Waals surface area contributed by atoms with Crippen LogP contribution in [-0.4, -0.2) is 5.54 Å². The van der Waals surface area contributed by atoms with Crippen molar-refractivity contribution in [3.63, 3.8) is 0 Å². The molecule has 1 aromatic carbocycles. The van der Waals surface area contributed by atoms with E-state index >= 15 is 0 Å². The smallest absolute Gasteiger partial charge is 0.0195 e. The van der Waals surface area contributed by atoms with Gasteiger partial charge in [0.25, 0.3) is 0 Å². The number of hydrogen-bond donors (Lipinski definition) is 1. The molecule has 17 heavy (non-hydrogen) atoms. The highest BCUT2D eigenvalue weighted by molar-refractivity contribution is 14.1. The molecule has 0 saturated heterocycles. The Kier molecular flexibility index (Phi) is 4.86. The van der Waals surface area contributed by atoms with Gasteiger partial charge in [-0.05, 0) is 59.5 Å². The van der Waals surface area contributed by atoms with Crippen LogP contribution in [0.5, 0.6) is 0 Å². The van der Waals surface area contributed by atoms with E-state index in [1.807, 2.05) is 0 Å². The summed E-state index contributed by atoms with van der Waals surface area (Å²) < 4.78 is 1.30. The van der Waals surface area contributed by atoms with Crippen molar-refractivity contribution in [2.24, 2.45) is 5.73 Å². The first-order valence-electron chi connectivity index (χ1n) is 6.71. The minimum atomic E-state index is 0.0488. The highest BCUT2D eigenvalue weighted by Crippen LogP contribution is 2.27. The van der Waals surface area contributed by atoms with Crippen molar-refractivity contribution in [3.05, 3.63) is 33.4 Å². The van der Waals surface area contributed by atoms with Gasteiger partial charge in [-0.1, -0.05) is 44.2 Å². The Morgan fingerprint density at radius 1 is 0.941 bits per heavy atom. The van der Waals surface area contributed by atoms with Gasteiger partial charge in [0.2, 0.25) is 0 Å². The molecule has 1 nitrogen and oxygen atoms in total. The molecule has 0 unspecified atom stereocenters. The molecule has 0 heterocycles. The fraction of sp³-hybridized carbons (Fsp3) is 0.600. The van der Waals surface area contributed by atoms with Gasteiger partial charge in [-0.3, -0.25) is 0 Å². The maximum Gasteiger partial charge on any atom is 0.0195 e. The van der Waals surface area contributed by atoms with Crippen molar-refractivity contribution in [3.8, 4) is 0 Å². The first-order chi connectivity index (χ1) is 8.18. The molecule has 0 amide bonds. The van der Waals surface area contributed by atoms with Crippen molar-refractivity contribution >= 4 is 22.6 Å². The Bertz CT molecular complexity index is 336. The normalized spacial score (nSPS) is 20.6. The highest BCUT2D eigenvalue weighted by atomic mass is 127. The molecule has 0 atom stereocenters. The van der Waals surface area contributed by atoms with Crippen LogP contribution in [0, 0.1) is 3.57 Å². The predicted octanol–water partition coefficient (Wildman–Crippen LogP) is 4.28. The van der Waals surface area contributed by atoms with Crippen LogP contribution in [0.2, 0.25) is 0 Å². The highest BCUT2D eigenvalue weighted by Gasteiger charge is 2.25. The lowest BCUT2D eigenvalue weighted by Crippen LogP contribution is -2.42. The number of halogens is 1. The fourth-order valence-corrected chi connectivity index (χ4v) is 3.15. The van der Waals surface area contributed by atoms with E-state index in [2.05, 4.69) is 46.9 Å². The van der Waals surface area contributed by atoms with Gasteiger partial charge in [0.05, 0.1) is 0 Å². The molecule has 1 saturated carbocycles. The molecule has 1 fully saturated rings. The fourth-order valence-electron chi connectivity index (χ4n) is 2.80. The molecule has 1 aliphatic carbocycles. The van der Waals surface area contributed by atoms with Gasteiger partial charge in [0.1, 0.15) is 0 Å². The van der Waals surface area contributed by atoms with E-state index in [0.29, 0.717) is 0 Å². The van der Waals surface area contributed by atoms with Crippen LogP contribution in [0.1, 0.15) is 50.5 Å². The lowest BCUT2D eigenvalue weighted by molar-refractivity contribution is 0.314. The zero-order valence-corrected chi connectivity index (χ0v) is 12.6. The van der Waals surface area contributed by atoms with E-state index in [4.69, 9.17) is 5.73 Å². The molecule has 0 aliphatic heterocycles. The summed E-state index contributed by atoms with van der Waals surface area (Å²) in [6, 6.07) is 8.83. The van der Waals surface area contributed by atoms with E-state index < -0.39 is 0 Å². The average molecular weight is 343 g/mol. The Morgan fingerprint density at radius 3 is 2.06 bits per heavy atom. The predicted molar refractivity (Wildman–Crippen MR) is 82.1 cm³/mol. The summed E-state index contributed by atoms with van der Waals surface area (Å²) in [5, 5.41) is 0. The summed E-state index contributed by atoms with van der Waals surface area (Å²) in [5.41, 5.74) is 8.04. The molecule has 2 rings (SSSR count). The average Bonchev–Trinajstić information content (AvgIpc) is 2.28. The third-order valence-electron chi connectivity index (χ3n) is 3.82. The van der Waals surface area contributed by atoms with Crippen LogP contribution < -0.4 is 5.73 Å². The zero-order valence-electron chi connectivity index (χ0n) is 10.4. The maximum atomic E-state index is 6.60. The number of hydrogen-bond acceptors (Lipinski definition) is 1. The summed E-state index contributed by atoms with van der Waals surface area (Å²) in [7, 11) is 0. The third-order valence-corrected chi connectivity index (χ3v) is 4.54. The molecule has 2 heteroatoms. The van der Waals surface area contributed by atoms with Crippen molar-refractivity contribution < 1.29 is 0 Å². The van der Waals surface area contributed by atoms with Gasteiger partial charge in [0, 0.05) is 9.11 Å². The monoisotopic (exact) mass is 343 g/mol.